The quantitative estimate of drug-likeness (QED) is 0.820. The standard InChI is InChI=1S/C8H8BrFO2/c9-6-1-2-7(12)5(3-4-11)8(6)10/h1-2,11-12H,3-4H2. The van der Waals surface area contributed by atoms with Gasteiger partial charge in [-0.05, 0) is 28.1 Å². The molecule has 1 aromatic carbocycles. The summed E-state index contributed by atoms with van der Waals surface area (Å²) in [4.78, 5) is 0. The summed E-state index contributed by atoms with van der Waals surface area (Å²) in [6.07, 6.45) is 0.122. The molecule has 0 unspecified atom stereocenters. The minimum absolute atomic E-state index is 0.121. The zero-order valence-corrected chi connectivity index (χ0v) is 7.81. The van der Waals surface area contributed by atoms with E-state index < -0.39 is 5.82 Å². The van der Waals surface area contributed by atoms with Gasteiger partial charge in [0.25, 0.3) is 0 Å². The number of hydrogen-bond donors (Lipinski definition) is 2. The zero-order valence-electron chi connectivity index (χ0n) is 6.22. The highest BCUT2D eigenvalue weighted by Crippen LogP contribution is 2.26. The van der Waals surface area contributed by atoms with E-state index in [4.69, 9.17) is 5.11 Å². The minimum atomic E-state index is -0.510. The number of hydrogen-bond acceptors (Lipinski definition) is 2. The molecule has 4 heteroatoms. The van der Waals surface area contributed by atoms with E-state index in [1.165, 1.54) is 12.1 Å². The van der Waals surface area contributed by atoms with Crippen molar-refractivity contribution in [3.8, 4) is 5.75 Å². The maximum atomic E-state index is 13.1. The Morgan fingerprint density at radius 2 is 2.08 bits per heavy atom. The largest absolute Gasteiger partial charge is 0.508 e. The lowest BCUT2D eigenvalue weighted by Gasteiger charge is -2.04. The molecule has 0 saturated carbocycles. The maximum Gasteiger partial charge on any atom is 0.144 e. The molecule has 0 aliphatic rings. The molecule has 12 heavy (non-hydrogen) atoms. The van der Waals surface area contributed by atoms with Crippen LogP contribution in [0.5, 0.6) is 5.75 Å². The van der Waals surface area contributed by atoms with Crippen molar-refractivity contribution < 1.29 is 14.6 Å². The third kappa shape index (κ3) is 1.76. The summed E-state index contributed by atoms with van der Waals surface area (Å²) in [6, 6.07) is 2.81. The molecule has 1 aromatic rings. The molecule has 0 aliphatic carbocycles. The molecule has 0 aromatic heterocycles. The van der Waals surface area contributed by atoms with Crippen LogP contribution in [-0.2, 0) is 6.42 Å². The highest BCUT2D eigenvalue weighted by atomic mass is 79.9. The van der Waals surface area contributed by atoms with Crippen molar-refractivity contribution in [1.29, 1.82) is 0 Å². The molecule has 0 fully saturated rings. The van der Waals surface area contributed by atoms with E-state index in [2.05, 4.69) is 15.9 Å². The molecule has 1 rings (SSSR count). The van der Waals surface area contributed by atoms with Crippen LogP contribution in [0.25, 0.3) is 0 Å². The first-order valence-corrected chi connectivity index (χ1v) is 4.23. The van der Waals surface area contributed by atoms with Crippen molar-refractivity contribution in [3.05, 3.63) is 28.0 Å². The molecule has 2 nitrogen and oxygen atoms in total. The first kappa shape index (κ1) is 9.48. The molecule has 0 saturated heterocycles. The lowest BCUT2D eigenvalue weighted by molar-refractivity contribution is 0.295. The molecule has 0 spiro atoms. The smallest absolute Gasteiger partial charge is 0.144 e. The number of aromatic hydroxyl groups is 1. The zero-order chi connectivity index (χ0) is 9.14. The van der Waals surface area contributed by atoms with Gasteiger partial charge in [-0.15, -0.1) is 0 Å². The number of halogens is 2. The minimum Gasteiger partial charge on any atom is -0.508 e. The Labute approximate surface area is 77.8 Å². The second-order valence-electron chi connectivity index (χ2n) is 2.33. The Morgan fingerprint density at radius 1 is 1.42 bits per heavy atom. The maximum absolute atomic E-state index is 13.1. The average molecular weight is 235 g/mol. The summed E-state index contributed by atoms with van der Waals surface area (Å²) >= 11 is 2.98. The van der Waals surface area contributed by atoms with Crippen LogP contribution >= 0.6 is 15.9 Å². The summed E-state index contributed by atoms with van der Waals surface area (Å²) in [5.41, 5.74) is 0.145. The summed E-state index contributed by atoms with van der Waals surface area (Å²) < 4.78 is 13.4. The summed E-state index contributed by atoms with van der Waals surface area (Å²) in [5.74, 6) is -0.631. The van der Waals surface area contributed by atoms with Crippen molar-refractivity contribution >= 4 is 15.9 Å². The van der Waals surface area contributed by atoms with Gasteiger partial charge in [0.2, 0.25) is 0 Å². The lowest BCUT2D eigenvalue weighted by atomic mass is 10.1. The van der Waals surface area contributed by atoms with Gasteiger partial charge in [-0.1, -0.05) is 0 Å². The number of phenols is 1. The van der Waals surface area contributed by atoms with E-state index in [0.717, 1.165) is 0 Å². The highest BCUT2D eigenvalue weighted by Gasteiger charge is 2.10. The number of benzene rings is 1. The molecular weight excluding hydrogens is 227 g/mol. The van der Waals surface area contributed by atoms with Crippen LogP contribution in [0.15, 0.2) is 16.6 Å². The Morgan fingerprint density at radius 3 is 2.67 bits per heavy atom. The van der Waals surface area contributed by atoms with E-state index in [-0.39, 0.29) is 24.3 Å². The van der Waals surface area contributed by atoms with Crippen LogP contribution in [0, 0.1) is 5.82 Å². The Hall–Kier alpha value is -0.610. The topological polar surface area (TPSA) is 40.5 Å². The predicted molar refractivity (Wildman–Crippen MR) is 46.6 cm³/mol. The van der Waals surface area contributed by atoms with E-state index in [9.17, 15) is 9.50 Å². The summed E-state index contributed by atoms with van der Waals surface area (Å²) in [6.45, 7) is -0.180. The Kier molecular flexibility index (Phi) is 3.05. The van der Waals surface area contributed by atoms with Crippen molar-refractivity contribution in [1.82, 2.24) is 0 Å². The monoisotopic (exact) mass is 234 g/mol. The van der Waals surface area contributed by atoms with Crippen molar-refractivity contribution in [2.24, 2.45) is 0 Å². The Bertz CT molecular complexity index is 289. The first-order chi connectivity index (χ1) is 5.66. The lowest BCUT2D eigenvalue weighted by Crippen LogP contribution is -1.96. The molecular formula is C8H8BrFO2. The average Bonchev–Trinajstić information content (AvgIpc) is 2.06. The second kappa shape index (κ2) is 3.87. The van der Waals surface area contributed by atoms with Crippen LogP contribution in [0.1, 0.15) is 5.56 Å². The highest BCUT2D eigenvalue weighted by molar-refractivity contribution is 9.10. The van der Waals surface area contributed by atoms with E-state index in [0.29, 0.717) is 4.47 Å². The molecule has 0 bridgehead atoms. The number of aliphatic hydroxyl groups excluding tert-OH is 1. The van der Waals surface area contributed by atoms with Crippen LogP contribution in [-0.4, -0.2) is 16.8 Å². The van der Waals surface area contributed by atoms with Crippen LogP contribution in [0.4, 0.5) is 4.39 Å². The van der Waals surface area contributed by atoms with Crippen LogP contribution in [0.2, 0.25) is 0 Å². The van der Waals surface area contributed by atoms with Gasteiger partial charge < -0.3 is 10.2 Å². The van der Waals surface area contributed by atoms with E-state index in [1.807, 2.05) is 0 Å². The van der Waals surface area contributed by atoms with Gasteiger partial charge in [0.15, 0.2) is 0 Å². The van der Waals surface area contributed by atoms with Gasteiger partial charge in [-0.25, -0.2) is 4.39 Å². The van der Waals surface area contributed by atoms with Gasteiger partial charge in [0.05, 0.1) is 4.47 Å². The molecule has 0 radical (unpaired) electrons. The van der Waals surface area contributed by atoms with E-state index >= 15 is 0 Å². The van der Waals surface area contributed by atoms with Crippen LogP contribution in [0.3, 0.4) is 0 Å². The van der Waals surface area contributed by atoms with Gasteiger partial charge in [-0.3, -0.25) is 0 Å². The normalized spacial score (nSPS) is 10.2. The predicted octanol–water partition coefficient (Wildman–Crippen LogP) is 1.83. The number of rotatable bonds is 2. The van der Waals surface area contributed by atoms with Crippen LogP contribution < -0.4 is 0 Å². The number of aliphatic hydroxyl groups is 1. The first-order valence-electron chi connectivity index (χ1n) is 3.43. The fourth-order valence-electron chi connectivity index (χ4n) is 0.932. The summed E-state index contributed by atoms with van der Waals surface area (Å²) in [7, 11) is 0. The molecule has 2 N–H and O–H groups in total. The molecule has 0 aliphatic heterocycles. The fourth-order valence-corrected chi connectivity index (χ4v) is 1.30. The third-order valence-electron chi connectivity index (χ3n) is 1.53. The Balaban J connectivity index is 3.14. The van der Waals surface area contributed by atoms with Crippen molar-refractivity contribution in [2.75, 3.05) is 6.61 Å². The third-order valence-corrected chi connectivity index (χ3v) is 2.15. The van der Waals surface area contributed by atoms with Crippen molar-refractivity contribution in [3.63, 3.8) is 0 Å². The van der Waals surface area contributed by atoms with Gasteiger partial charge >= 0.3 is 0 Å². The molecule has 66 valence electrons. The van der Waals surface area contributed by atoms with Gasteiger partial charge in [0.1, 0.15) is 11.6 Å². The fraction of sp³-hybridized carbons (Fsp3) is 0.250. The second-order valence-corrected chi connectivity index (χ2v) is 3.19. The van der Waals surface area contributed by atoms with Gasteiger partial charge in [-0.2, -0.15) is 0 Å². The number of phenolic OH excluding ortho intramolecular Hbond substituents is 1. The molecule has 0 heterocycles. The SMILES string of the molecule is OCCc1c(O)ccc(Br)c1F. The molecule has 0 amide bonds. The van der Waals surface area contributed by atoms with Crippen molar-refractivity contribution in [2.45, 2.75) is 6.42 Å². The van der Waals surface area contributed by atoms with E-state index in [1.54, 1.807) is 0 Å². The summed E-state index contributed by atoms with van der Waals surface area (Å²) in [5, 5.41) is 17.7. The van der Waals surface area contributed by atoms with Gasteiger partial charge in [0, 0.05) is 18.6 Å². The molecule has 0 atom stereocenters.